The van der Waals surface area contributed by atoms with Gasteiger partial charge in [-0.25, -0.2) is 9.50 Å². The van der Waals surface area contributed by atoms with Gasteiger partial charge in [-0.1, -0.05) is 5.92 Å². The van der Waals surface area contributed by atoms with Crippen LogP contribution in [0, 0.1) is 12.0 Å². The predicted octanol–water partition coefficient (Wildman–Crippen LogP) is 4.00. The van der Waals surface area contributed by atoms with Gasteiger partial charge < -0.3 is 20.1 Å². The minimum Gasteiger partial charge on any atom is -0.497 e. The molecule has 2 aromatic heterocycles. The van der Waals surface area contributed by atoms with E-state index in [2.05, 4.69) is 22.0 Å². The molecule has 0 saturated carbocycles. The van der Waals surface area contributed by atoms with Crippen LogP contribution in [0.15, 0.2) is 54.7 Å². The van der Waals surface area contributed by atoms with E-state index in [9.17, 15) is 4.79 Å². The van der Waals surface area contributed by atoms with E-state index in [0.29, 0.717) is 22.9 Å². The number of fused-ring (bicyclic) bond motifs is 1. The predicted molar refractivity (Wildman–Crippen MR) is 129 cm³/mol. The number of nitrogens with one attached hydrogen (secondary N) is 1. The molecule has 0 spiro atoms. The number of aromatic amines is 1. The van der Waals surface area contributed by atoms with Crippen molar-refractivity contribution in [1.29, 1.82) is 0 Å². The van der Waals surface area contributed by atoms with Crippen LogP contribution in [0.25, 0.3) is 16.9 Å². The van der Waals surface area contributed by atoms with Crippen LogP contribution in [0.3, 0.4) is 0 Å². The Bertz CT molecular complexity index is 1390. The van der Waals surface area contributed by atoms with Crippen molar-refractivity contribution in [3.8, 4) is 40.5 Å². The normalized spacial score (nSPS) is 15.2. The third-order valence-electron chi connectivity index (χ3n) is 6.04. The number of rotatable bonds is 6. The lowest BCUT2D eigenvalue weighted by Gasteiger charge is -2.09. The number of ether oxygens (including phenoxy) is 2. The van der Waals surface area contributed by atoms with Gasteiger partial charge in [0.25, 0.3) is 5.91 Å². The number of likely N-dealkylation sites (tertiary alicyclic amines) is 1. The number of carbonyl (C=O) groups is 1. The summed E-state index contributed by atoms with van der Waals surface area (Å²) in [5.41, 5.74) is 9.20. The molecule has 1 aliphatic rings. The lowest BCUT2D eigenvalue weighted by molar-refractivity contribution is 0.0994. The number of hydrogen-bond donors (Lipinski definition) is 2. The van der Waals surface area contributed by atoms with Crippen LogP contribution in [0.5, 0.6) is 17.2 Å². The molecule has 0 radical (unpaired) electrons. The van der Waals surface area contributed by atoms with Crippen LogP contribution >= 0.6 is 0 Å². The first-order valence-corrected chi connectivity index (χ1v) is 11.1. The van der Waals surface area contributed by atoms with Crippen LogP contribution in [0.1, 0.15) is 35.3 Å². The lowest BCUT2D eigenvalue weighted by atomic mass is 10.0. The van der Waals surface area contributed by atoms with Crippen LogP contribution < -0.4 is 15.2 Å². The largest absolute Gasteiger partial charge is 0.497 e. The number of hydrogen-bond acceptors (Lipinski definition) is 5. The lowest BCUT2D eigenvalue weighted by Crippen LogP contribution is -2.15. The van der Waals surface area contributed by atoms with E-state index in [-0.39, 0.29) is 5.92 Å². The van der Waals surface area contributed by atoms with Crippen molar-refractivity contribution in [3.63, 3.8) is 0 Å². The van der Waals surface area contributed by atoms with Crippen LogP contribution in [0.2, 0.25) is 0 Å². The number of benzene rings is 2. The number of carbonyl (C=O) groups excluding carboxylic acids is 1. The Morgan fingerprint density at radius 3 is 2.44 bits per heavy atom. The zero-order chi connectivity index (χ0) is 23.7. The summed E-state index contributed by atoms with van der Waals surface area (Å²) in [6, 6.07) is 17.9. The zero-order valence-electron chi connectivity index (χ0n) is 19.0. The molecule has 1 fully saturated rings. The SMILES string of the molecule is CC#CN1CCC(c2c[nH]n3c(C(N)=O)c(-c4ccc(Oc5ccc(OC)cc5)cc4)nc23)C1. The maximum Gasteiger partial charge on any atom is 0.269 e. The quantitative estimate of drug-likeness (QED) is 0.428. The zero-order valence-corrected chi connectivity index (χ0v) is 19.0. The molecule has 34 heavy (non-hydrogen) atoms. The molecule has 1 saturated heterocycles. The Labute approximate surface area is 197 Å². The third-order valence-corrected chi connectivity index (χ3v) is 6.04. The van der Waals surface area contributed by atoms with E-state index in [4.69, 9.17) is 20.2 Å². The van der Waals surface area contributed by atoms with Crippen molar-refractivity contribution in [2.45, 2.75) is 19.3 Å². The van der Waals surface area contributed by atoms with Crippen molar-refractivity contribution in [3.05, 3.63) is 66.0 Å². The maximum atomic E-state index is 12.4. The third kappa shape index (κ3) is 3.92. The summed E-state index contributed by atoms with van der Waals surface area (Å²) in [5, 5.41) is 3.17. The van der Waals surface area contributed by atoms with E-state index < -0.39 is 5.91 Å². The van der Waals surface area contributed by atoms with Crippen molar-refractivity contribution in [2.75, 3.05) is 20.2 Å². The maximum absolute atomic E-state index is 12.4. The van der Waals surface area contributed by atoms with Crippen molar-refractivity contribution >= 4 is 11.6 Å². The second-order valence-electron chi connectivity index (χ2n) is 8.16. The second kappa shape index (κ2) is 8.87. The fraction of sp³-hybridized carbons (Fsp3) is 0.231. The molecule has 8 nitrogen and oxygen atoms in total. The molecular formula is C26H25N5O3. The fourth-order valence-electron chi connectivity index (χ4n) is 4.40. The molecule has 0 aliphatic carbocycles. The van der Waals surface area contributed by atoms with Crippen molar-refractivity contribution < 1.29 is 14.3 Å². The standard InChI is InChI=1S/C26H25N5O3/c1-3-13-30-14-12-18(16-30)22-15-28-31-24(25(27)32)23(29-26(22)31)17-4-6-20(7-5-17)34-21-10-8-19(33-2)9-11-21/h4-11,15,18,28H,12,14,16H2,1-2H3,(H2,27,32). The summed E-state index contributed by atoms with van der Waals surface area (Å²) in [4.78, 5) is 19.3. The number of nitrogens with two attached hydrogens (primary N) is 1. The number of amides is 1. The van der Waals surface area contributed by atoms with Crippen LogP contribution in [0.4, 0.5) is 0 Å². The molecule has 3 heterocycles. The number of imidazole rings is 1. The highest BCUT2D eigenvalue weighted by Crippen LogP contribution is 2.33. The Morgan fingerprint density at radius 2 is 1.79 bits per heavy atom. The first-order chi connectivity index (χ1) is 16.6. The van der Waals surface area contributed by atoms with Gasteiger partial charge >= 0.3 is 0 Å². The Morgan fingerprint density at radius 1 is 1.12 bits per heavy atom. The molecule has 1 unspecified atom stereocenters. The molecule has 4 aromatic rings. The Hall–Kier alpha value is -4.38. The topological polar surface area (TPSA) is 97.9 Å². The molecule has 172 valence electrons. The monoisotopic (exact) mass is 455 g/mol. The average Bonchev–Trinajstić information content (AvgIpc) is 3.55. The first kappa shape index (κ1) is 21.5. The van der Waals surface area contributed by atoms with Gasteiger partial charge in [0.1, 0.15) is 22.9 Å². The highest BCUT2D eigenvalue weighted by Gasteiger charge is 2.28. The molecule has 2 aromatic carbocycles. The molecule has 8 heteroatoms. The van der Waals surface area contributed by atoms with Gasteiger partial charge in [0.05, 0.1) is 7.11 Å². The fourth-order valence-corrected chi connectivity index (χ4v) is 4.40. The van der Waals surface area contributed by atoms with E-state index in [1.54, 1.807) is 11.6 Å². The smallest absolute Gasteiger partial charge is 0.269 e. The first-order valence-electron chi connectivity index (χ1n) is 11.1. The van der Waals surface area contributed by atoms with E-state index >= 15 is 0 Å². The average molecular weight is 456 g/mol. The molecular weight excluding hydrogens is 430 g/mol. The molecule has 0 bridgehead atoms. The van der Waals surface area contributed by atoms with Crippen LogP contribution in [-0.4, -0.2) is 45.6 Å². The summed E-state index contributed by atoms with van der Waals surface area (Å²) in [7, 11) is 1.62. The molecule has 5 rings (SSSR count). The van der Waals surface area contributed by atoms with Gasteiger partial charge in [0.15, 0.2) is 11.3 Å². The number of aromatic nitrogens is 3. The summed E-state index contributed by atoms with van der Waals surface area (Å²) >= 11 is 0. The highest BCUT2D eigenvalue weighted by molar-refractivity contribution is 5.98. The van der Waals surface area contributed by atoms with Gasteiger partial charge in [-0.3, -0.25) is 9.89 Å². The number of methoxy groups -OCH3 is 1. The van der Waals surface area contributed by atoms with Gasteiger partial charge in [-0.2, -0.15) is 0 Å². The van der Waals surface area contributed by atoms with Gasteiger partial charge in [0, 0.05) is 42.4 Å². The molecule has 1 atom stereocenters. The molecule has 3 N–H and O–H groups in total. The van der Waals surface area contributed by atoms with Crippen molar-refractivity contribution in [1.82, 2.24) is 19.5 Å². The van der Waals surface area contributed by atoms with E-state index in [1.165, 1.54) is 0 Å². The number of primary amides is 1. The minimum atomic E-state index is -0.542. The summed E-state index contributed by atoms with van der Waals surface area (Å²) in [6.45, 7) is 3.59. The Kier molecular flexibility index (Phi) is 5.60. The van der Waals surface area contributed by atoms with Crippen LogP contribution in [-0.2, 0) is 0 Å². The Balaban J connectivity index is 1.44. The second-order valence-corrected chi connectivity index (χ2v) is 8.16. The summed E-state index contributed by atoms with van der Waals surface area (Å²) < 4.78 is 12.8. The number of H-pyrrole nitrogens is 1. The summed E-state index contributed by atoms with van der Waals surface area (Å²) in [6.07, 6.45) is 2.89. The van der Waals surface area contributed by atoms with Crippen molar-refractivity contribution in [2.24, 2.45) is 5.73 Å². The number of nitrogens with zero attached hydrogens (tertiary/aromatic N) is 3. The minimum absolute atomic E-state index is 0.283. The van der Waals surface area contributed by atoms with E-state index in [0.717, 1.165) is 42.0 Å². The molecule has 1 amide bonds. The molecule has 1 aliphatic heterocycles. The van der Waals surface area contributed by atoms with Gasteiger partial charge in [-0.05, 0) is 61.9 Å². The highest BCUT2D eigenvalue weighted by atomic mass is 16.5. The van der Waals surface area contributed by atoms with Gasteiger partial charge in [-0.15, -0.1) is 0 Å². The van der Waals surface area contributed by atoms with Gasteiger partial charge in [0.2, 0.25) is 0 Å². The summed E-state index contributed by atoms with van der Waals surface area (Å²) in [5.74, 6) is 4.83. The van der Waals surface area contributed by atoms with E-state index in [1.807, 2.05) is 61.7 Å².